The zero-order chi connectivity index (χ0) is 25.2. The number of nitriles is 1. The lowest BCUT2D eigenvalue weighted by Crippen LogP contribution is -2.41. The summed E-state index contributed by atoms with van der Waals surface area (Å²) in [6.07, 6.45) is 7.29. The molecule has 2 heterocycles. The number of ether oxygens (including phenoxy) is 1. The van der Waals surface area contributed by atoms with Gasteiger partial charge in [0.1, 0.15) is 0 Å². The minimum Gasteiger partial charge on any atom is -0.449 e. The lowest BCUT2D eigenvalue weighted by molar-refractivity contribution is 0.107. The van der Waals surface area contributed by atoms with Crippen LogP contribution in [0.5, 0.6) is 0 Å². The summed E-state index contributed by atoms with van der Waals surface area (Å²) in [4.78, 5) is 17.1. The number of amides is 1. The molecule has 0 bridgehead atoms. The van der Waals surface area contributed by atoms with E-state index in [-0.39, 0.29) is 18.4 Å². The first-order chi connectivity index (χ1) is 16.8. The number of carbonyl (C=O) groups excluding carboxylic acids is 1. The molecule has 1 aromatic carbocycles. The average Bonchev–Trinajstić information content (AvgIpc) is 3.07. The van der Waals surface area contributed by atoms with Crippen LogP contribution in [0.1, 0.15) is 51.3 Å². The lowest BCUT2D eigenvalue weighted by Gasteiger charge is -2.38. The van der Waals surface area contributed by atoms with E-state index >= 15 is 0 Å². The normalized spacial score (nSPS) is 27.4. The Kier molecular flexibility index (Phi) is 7.27. The number of hydrogen-bond donors (Lipinski definition) is 0. The smallest absolute Gasteiger partial charge is 0.423 e. The number of hydrogen-bond acceptors (Lipinski definition) is 6. The summed E-state index contributed by atoms with van der Waals surface area (Å²) >= 11 is 0. The zero-order valence-corrected chi connectivity index (χ0v) is 21.1. The van der Waals surface area contributed by atoms with Gasteiger partial charge in [0, 0.05) is 23.2 Å². The van der Waals surface area contributed by atoms with Crippen molar-refractivity contribution in [3.05, 3.63) is 59.9 Å². The Morgan fingerprint density at radius 2 is 2.00 bits per heavy atom. The second kappa shape index (κ2) is 10.2. The highest BCUT2D eigenvalue weighted by atomic mass is 32.2. The van der Waals surface area contributed by atoms with E-state index in [4.69, 9.17) is 4.74 Å². The third kappa shape index (κ3) is 4.57. The zero-order valence-electron chi connectivity index (χ0n) is 20.3. The summed E-state index contributed by atoms with van der Waals surface area (Å²) in [5, 5.41) is 8.78. The van der Waals surface area contributed by atoms with E-state index < -0.39 is 27.4 Å². The highest BCUT2D eigenvalue weighted by molar-refractivity contribution is 7.90. The van der Waals surface area contributed by atoms with Crippen LogP contribution in [0, 0.1) is 29.1 Å². The average molecular weight is 494 g/mol. The molecule has 0 spiro atoms. The Bertz CT molecular complexity index is 1250. The second-order valence-electron chi connectivity index (χ2n) is 9.21. The molecule has 1 aliphatic heterocycles. The molecular formula is C27H31N3O4S. The monoisotopic (exact) mass is 493 g/mol. The predicted molar refractivity (Wildman–Crippen MR) is 134 cm³/mol. The fourth-order valence-electron chi connectivity index (χ4n) is 5.76. The standard InChI is InChI=1S/C27H31N3O4S/c1-4-19-11-15-25-26(18(3)30(35(25,32)33)27(31)34-5-2)24(19)14-13-22-12-10-21(17-29-22)23-9-7-6-8-20(23)16-28/h6-10,12-14,17-19,24-26H,4-5,11,15H2,1-3H3/b14-13+/t18-,19-,24+,25-,26+/m1/s1. The summed E-state index contributed by atoms with van der Waals surface area (Å²) in [5.74, 6) is 0.138. The van der Waals surface area contributed by atoms with Crippen molar-refractivity contribution in [1.29, 1.82) is 5.26 Å². The Labute approximate surface area is 207 Å². The molecule has 7 nitrogen and oxygen atoms in total. The summed E-state index contributed by atoms with van der Waals surface area (Å²) in [6.45, 7) is 5.75. The Morgan fingerprint density at radius 1 is 1.23 bits per heavy atom. The first-order valence-electron chi connectivity index (χ1n) is 12.2. The first-order valence-corrected chi connectivity index (χ1v) is 13.7. The molecule has 0 unspecified atom stereocenters. The third-order valence-corrected chi connectivity index (χ3v) is 9.78. The highest BCUT2D eigenvalue weighted by Gasteiger charge is 2.58. The van der Waals surface area contributed by atoms with Crippen molar-refractivity contribution in [2.75, 3.05) is 6.61 Å². The third-order valence-electron chi connectivity index (χ3n) is 7.43. The molecule has 2 fully saturated rings. The van der Waals surface area contributed by atoms with Gasteiger partial charge in [-0.05, 0) is 56.7 Å². The van der Waals surface area contributed by atoms with Crippen molar-refractivity contribution >= 4 is 22.2 Å². The molecule has 0 N–H and O–H groups in total. The number of fused-ring (bicyclic) bond motifs is 1. The predicted octanol–water partition coefficient (Wildman–Crippen LogP) is 5.24. The number of aromatic nitrogens is 1. The molecule has 184 valence electrons. The minimum absolute atomic E-state index is 0.00347. The van der Waals surface area contributed by atoms with Crippen molar-refractivity contribution in [3.8, 4) is 17.2 Å². The van der Waals surface area contributed by atoms with Crippen LogP contribution in [0.25, 0.3) is 17.2 Å². The second-order valence-corrected chi connectivity index (χ2v) is 11.2. The molecule has 1 aliphatic carbocycles. The van der Waals surface area contributed by atoms with Gasteiger partial charge < -0.3 is 4.74 Å². The number of allylic oxidation sites excluding steroid dienone is 1. The van der Waals surface area contributed by atoms with E-state index in [0.717, 1.165) is 34.0 Å². The highest BCUT2D eigenvalue weighted by Crippen LogP contribution is 2.49. The van der Waals surface area contributed by atoms with Crippen LogP contribution in [-0.2, 0) is 14.8 Å². The molecule has 1 saturated heterocycles. The number of pyridine rings is 1. The van der Waals surface area contributed by atoms with Crippen molar-refractivity contribution in [3.63, 3.8) is 0 Å². The van der Waals surface area contributed by atoms with Crippen molar-refractivity contribution in [2.45, 2.75) is 51.3 Å². The van der Waals surface area contributed by atoms with Crippen LogP contribution in [0.2, 0.25) is 0 Å². The molecule has 5 atom stereocenters. The molecule has 4 rings (SSSR count). The summed E-state index contributed by atoms with van der Waals surface area (Å²) in [6, 6.07) is 13.0. The van der Waals surface area contributed by atoms with Crippen LogP contribution in [0.3, 0.4) is 0 Å². The van der Waals surface area contributed by atoms with Crippen LogP contribution in [0.4, 0.5) is 4.79 Å². The molecule has 0 radical (unpaired) electrons. The molecule has 1 aromatic heterocycles. The van der Waals surface area contributed by atoms with Gasteiger partial charge in [-0.2, -0.15) is 5.26 Å². The SMILES string of the molecule is CCOC(=O)N1[C@H](C)[C@H]2[C@@H](/C=C/c3ccc(-c4ccccc4C#N)cn3)[C@H](CC)CC[C@H]2S1(=O)=O. The molecule has 1 saturated carbocycles. The fraction of sp³-hybridized carbons (Fsp3) is 0.444. The van der Waals surface area contributed by atoms with Gasteiger partial charge in [-0.3, -0.25) is 4.98 Å². The number of sulfonamides is 1. The Morgan fingerprint density at radius 3 is 2.66 bits per heavy atom. The quantitative estimate of drug-likeness (QED) is 0.564. The van der Waals surface area contributed by atoms with E-state index in [9.17, 15) is 18.5 Å². The summed E-state index contributed by atoms with van der Waals surface area (Å²) in [5.41, 5.74) is 3.06. The van der Waals surface area contributed by atoms with E-state index in [1.54, 1.807) is 19.2 Å². The van der Waals surface area contributed by atoms with Gasteiger partial charge in [0.05, 0.1) is 35.2 Å². The topological polar surface area (TPSA) is 100 Å². The number of rotatable bonds is 5. The maximum absolute atomic E-state index is 13.3. The van der Waals surface area contributed by atoms with Gasteiger partial charge in [0.15, 0.2) is 0 Å². The Balaban J connectivity index is 1.61. The van der Waals surface area contributed by atoms with Gasteiger partial charge in [-0.1, -0.05) is 43.7 Å². The number of carbonyl (C=O) groups is 1. The van der Waals surface area contributed by atoms with Gasteiger partial charge in [-0.15, -0.1) is 0 Å². The molecular weight excluding hydrogens is 462 g/mol. The lowest BCUT2D eigenvalue weighted by atomic mass is 9.68. The molecule has 1 amide bonds. The van der Waals surface area contributed by atoms with Crippen molar-refractivity contribution < 1.29 is 17.9 Å². The van der Waals surface area contributed by atoms with Crippen molar-refractivity contribution in [2.24, 2.45) is 17.8 Å². The van der Waals surface area contributed by atoms with Crippen LogP contribution in [0.15, 0.2) is 48.7 Å². The first kappa shape index (κ1) is 24.9. The van der Waals surface area contributed by atoms with Gasteiger partial charge in [-0.25, -0.2) is 17.5 Å². The van der Waals surface area contributed by atoms with Gasteiger partial charge in [0.25, 0.3) is 0 Å². The fourth-order valence-corrected chi connectivity index (χ4v) is 8.16. The van der Waals surface area contributed by atoms with Crippen LogP contribution >= 0.6 is 0 Å². The molecule has 8 heteroatoms. The number of benzene rings is 1. The molecule has 2 aliphatic rings. The maximum Gasteiger partial charge on any atom is 0.423 e. The summed E-state index contributed by atoms with van der Waals surface area (Å²) < 4.78 is 32.6. The van der Waals surface area contributed by atoms with E-state index in [1.165, 1.54) is 0 Å². The molecule has 35 heavy (non-hydrogen) atoms. The maximum atomic E-state index is 13.3. The number of nitrogens with zero attached hydrogens (tertiary/aromatic N) is 3. The molecule has 2 aromatic rings. The van der Waals surface area contributed by atoms with E-state index in [1.807, 2.05) is 43.3 Å². The van der Waals surface area contributed by atoms with E-state index in [0.29, 0.717) is 17.9 Å². The van der Waals surface area contributed by atoms with E-state index in [2.05, 4.69) is 24.1 Å². The summed E-state index contributed by atoms with van der Waals surface area (Å²) in [7, 11) is -3.77. The van der Waals surface area contributed by atoms with Crippen molar-refractivity contribution in [1.82, 2.24) is 9.29 Å². The van der Waals surface area contributed by atoms with Crippen LogP contribution < -0.4 is 0 Å². The van der Waals surface area contributed by atoms with Gasteiger partial charge in [0.2, 0.25) is 10.0 Å². The largest absolute Gasteiger partial charge is 0.449 e. The Hall–Kier alpha value is -3.18. The van der Waals surface area contributed by atoms with Crippen LogP contribution in [-0.4, -0.2) is 41.7 Å². The minimum atomic E-state index is -3.77. The van der Waals surface area contributed by atoms with Gasteiger partial charge >= 0.3 is 6.09 Å².